The second-order valence-corrected chi connectivity index (χ2v) is 5.02. The lowest BCUT2D eigenvalue weighted by atomic mass is 10.1. The zero-order valence-electron chi connectivity index (χ0n) is 10.2. The Labute approximate surface area is 117 Å². The lowest BCUT2D eigenvalue weighted by molar-refractivity contribution is 0.839. The summed E-state index contributed by atoms with van der Waals surface area (Å²) in [5.74, 6) is 0. The normalized spacial score (nSPS) is 12.2. The number of benzene rings is 1. The van der Waals surface area contributed by atoms with Gasteiger partial charge in [-0.1, -0.05) is 29.3 Å². The molecular weight excluding hydrogens is 267 g/mol. The number of aryl methyl sites for hydroxylation is 1. The fourth-order valence-electron chi connectivity index (χ4n) is 1.70. The van der Waals surface area contributed by atoms with Crippen molar-refractivity contribution in [3.63, 3.8) is 0 Å². The molecule has 0 fully saturated rings. The monoisotopic (exact) mass is 280 g/mol. The number of nitrogens with one attached hydrogen (secondary N) is 1. The second-order valence-electron chi connectivity index (χ2n) is 4.20. The number of aromatic nitrogens is 1. The van der Waals surface area contributed by atoms with Crippen LogP contribution in [0.3, 0.4) is 0 Å². The van der Waals surface area contributed by atoms with E-state index in [0.717, 1.165) is 16.9 Å². The van der Waals surface area contributed by atoms with Gasteiger partial charge in [0.25, 0.3) is 0 Å². The molecule has 94 valence electrons. The number of pyridine rings is 1. The molecule has 1 unspecified atom stereocenters. The van der Waals surface area contributed by atoms with Crippen molar-refractivity contribution in [1.29, 1.82) is 0 Å². The molecule has 2 aromatic rings. The van der Waals surface area contributed by atoms with Gasteiger partial charge < -0.3 is 5.32 Å². The summed E-state index contributed by atoms with van der Waals surface area (Å²) in [6, 6.07) is 9.61. The SMILES string of the molecule is Cc1cc(Cl)c(NC(C)c2ccccn2)cc1Cl. The highest BCUT2D eigenvalue weighted by molar-refractivity contribution is 6.35. The number of hydrogen-bond donors (Lipinski definition) is 1. The lowest BCUT2D eigenvalue weighted by Crippen LogP contribution is -2.08. The molecule has 0 bridgehead atoms. The minimum Gasteiger partial charge on any atom is -0.376 e. The van der Waals surface area contributed by atoms with Gasteiger partial charge in [-0.25, -0.2) is 0 Å². The second kappa shape index (κ2) is 5.59. The highest BCUT2D eigenvalue weighted by Gasteiger charge is 2.10. The van der Waals surface area contributed by atoms with Crippen molar-refractivity contribution in [3.8, 4) is 0 Å². The molecule has 1 aromatic carbocycles. The Kier molecular flexibility index (Phi) is 4.10. The third-order valence-corrected chi connectivity index (χ3v) is 3.47. The van der Waals surface area contributed by atoms with E-state index < -0.39 is 0 Å². The van der Waals surface area contributed by atoms with E-state index in [1.807, 2.05) is 44.2 Å². The highest BCUT2D eigenvalue weighted by Crippen LogP contribution is 2.31. The summed E-state index contributed by atoms with van der Waals surface area (Å²) in [6.45, 7) is 3.96. The summed E-state index contributed by atoms with van der Waals surface area (Å²) in [7, 11) is 0. The van der Waals surface area contributed by atoms with Crippen LogP contribution in [0.2, 0.25) is 10.0 Å². The van der Waals surface area contributed by atoms with Gasteiger partial charge in [0, 0.05) is 11.2 Å². The Hall–Kier alpha value is -1.25. The van der Waals surface area contributed by atoms with Crippen molar-refractivity contribution in [2.75, 3.05) is 5.32 Å². The average Bonchev–Trinajstić information content (AvgIpc) is 2.37. The van der Waals surface area contributed by atoms with Gasteiger partial charge in [-0.2, -0.15) is 0 Å². The van der Waals surface area contributed by atoms with Crippen LogP contribution in [-0.4, -0.2) is 4.98 Å². The van der Waals surface area contributed by atoms with Gasteiger partial charge in [-0.15, -0.1) is 0 Å². The molecule has 2 nitrogen and oxygen atoms in total. The number of nitrogens with zero attached hydrogens (tertiary/aromatic N) is 1. The summed E-state index contributed by atoms with van der Waals surface area (Å²) in [6.07, 6.45) is 1.78. The van der Waals surface area contributed by atoms with Gasteiger partial charge in [0.15, 0.2) is 0 Å². The van der Waals surface area contributed by atoms with Crippen molar-refractivity contribution < 1.29 is 0 Å². The van der Waals surface area contributed by atoms with E-state index in [1.165, 1.54) is 0 Å². The average molecular weight is 281 g/mol. The predicted molar refractivity (Wildman–Crippen MR) is 77.5 cm³/mol. The third-order valence-electron chi connectivity index (χ3n) is 2.75. The van der Waals surface area contributed by atoms with Crippen molar-refractivity contribution >= 4 is 28.9 Å². The zero-order valence-corrected chi connectivity index (χ0v) is 11.8. The van der Waals surface area contributed by atoms with Crippen molar-refractivity contribution in [2.45, 2.75) is 19.9 Å². The molecule has 1 atom stereocenters. The highest BCUT2D eigenvalue weighted by atomic mass is 35.5. The quantitative estimate of drug-likeness (QED) is 0.868. The van der Waals surface area contributed by atoms with Crippen molar-refractivity contribution in [3.05, 3.63) is 57.8 Å². The first-order valence-corrected chi connectivity index (χ1v) is 6.46. The summed E-state index contributed by atoms with van der Waals surface area (Å²) in [4.78, 5) is 4.31. The van der Waals surface area contributed by atoms with E-state index in [2.05, 4.69) is 10.3 Å². The van der Waals surface area contributed by atoms with Crippen molar-refractivity contribution in [1.82, 2.24) is 4.98 Å². The Morgan fingerprint density at radius 3 is 2.61 bits per heavy atom. The van der Waals surface area contributed by atoms with Crippen LogP contribution < -0.4 is 5.32 Å². The molecule has 0 saturated carbocycles. The van der Waals surface area contributed by atoms with Crippen LogP contribution in [0.4, 0.5) is 5.69 Å². The Morgan fingerprint density at radius 1 is 1.17 bits per heavy atom. The fraction of sp³-hybridized carbons (Fsp3) is 0.214. The van der Waals surface area contributed by atoms with E-state index >= 15 is 0 Å². The van der Waals surface area contributed by atoms with Crippen LogP contribution in [0.25, 0.3) is 0 Å². The number of halogens is 2. The summed E-state index contributed by atoms with van der Waals surface area (Å²) in [5.41, 5.74) is 2.76. The van der Waals surface area contributed by atoms with Gasteiger partial charge in [0.05, 0.1) is 22.4 Å². The van der Waals surface area contributed by atoms with E-state index in [-0.39, 0.29) is 6.04 Å². The lowest BCUT2D eigenvalue weighted by Gasteiger charge is -2.16. The van der Waals surface area contributed by atoms with Gasteiger partial charge in [0.1, 0.15) is 0 Å². The zero-order chi connectivity index (χ0) is 13.1. The van der Waals surface area contributed by atoms with Gasteiger partial charge >= 0.3 is 0 Å². The summed E-state index contributed by atoms with van der Waals surface area (Å²) in [5, 5.41) is 4.69. The molecule has 1 heterocycles. The van der Waals surface area contributed by atoms with Crippen LogP contribution >= 0.6 is 23.2 Å². The number of rotatable bonds is 3. The molecule has 0 spiro atoms. The largest absolute Gasteiger partial charge is 0.376 e. The molecule has 0 saturated heterocycles. The molecule has 0 aliphatic carbocycles. The Bertz CT molecular complexity index is 541. The van der Waals surface area contributed by atoms with Crippen LogP contribution in [0.15, 0.2) is 36.5 Å². The number of anilines is 1. The summed E-state index contributed by atoms with van der Waals surface area (Å²) >= 11 is 12.3. The topological polar surface area (TPSA) is 24.9 Å². The molecule has 4 heteroatoms. The van der Waals surface area contributed by atoms with E-state index in [0.29, 0.717) is 10.0 Å². The van der Waals surface area contributed by atoms with Gasteiger partial charge in [0.2, 0.25) is 0 Å². The maximum atomic E-state index is 6.19. The molecule has 0 radical (unpaired) electrons. The fourth-order valence-corrected chi connectivity index (χ4v) is 2.13. The smallest absolute Gasteiger partial charge is 0.0657 e. The van der Waals surface area contributed by atoms with Gasteiger partial charge in [-0.05, 0) is 43.7 Å². The standard InChI is InChI=1S/C14H14Cl2N2/c1-9-7-12(16)14(8-11(9)15)18-10(2)13-5-3-4-6-17-13/h3-8,10,18H,1-2H3. The minimum atomic E-state index is 0.0717. The van der Waals surface area contributed by atoms with Crippen LogP contribution in [-0.2, 0) is 0 Å². The van der Waals surface area contributed by atoms with Crippen LogP contribution in [0, 0.1) is 6.92 Å². The minimum absolute atomic E-state index is 0.0717. The molecule has 0 amide bonds. The summed E-state index contributed by atoms with van der Waals surface area (Å²) < 4.78 is 0. The maximum absolute atomic E-state index is 6.19. The molecular formula is C14H14Cl2N2. The molecule has 0 aliphatic heterocycles. The van der Waals surface area contributed by atoms with Crippen LogP contribution in [0.5, 0.6) is 0 Å². The van der Waals surface area contributed by atoms with E-state index in [1.54, 1.807) is 6.20 Å². The first-order valence-electron chi connectivity index (χ1n) is 5.71. The van der Waals surface area contributed by atoms with Crippen molar-refractivity contribution in [2.24, 2.45) is 0 Å². The molecule has 1 aromatic heterocycles. The van der Waals surface area contributed by atoms with E-state index in [9.17, 15) is 0 Å². The molecule has 18 heavy (non-hydrogen) atoms. The molecule has 2 rings (SSSR count). The van der Waals surface area contributed by atoms with Gasteiger partial charge in [-0.3, -0.25) is 4.98 Å². The molecule has 0 aliphatic rings. The third kappa shape index (κ3) is 2.95. The van der Waals surface area contributed by atoms with Crippen LogP contribution in [0.1, 0.15) is 24.2 Å². The first kappa shape index (κ1) is 13.2. The maximum Gasteiger partial charge on any atom is 0.0657 e. The molecule has 1 N–H and O–H groups in total. The Balaban J connectivity index is 2.22. The number of hydrogen-bond acceptors (Lipinski definition) is 2. The first-order chi connectivity index (χ1) is 8.58. The Morgan fingerprint density at radius 2 is 1.94 bits per heavy atom. The predicted octanol–water partition coefficient (Wildman–Crippen LogP) is 4.87. The van der Waals surface area contributed by atoms with E-state index in [4.69, 9.17) is 23.2 Å².